The molecule has 160 valence electrons. The number of nitrogens with one attached hydrogen (secondary N) is 2. The minimum Gasteiger partial charge on any atom is -0.495 e. The summed E-state index contributed by atoms with van der Waals surface area (Å²) in [5.74, 6) is 2.30. The van der Waals surface area contributed by atoms with Crippen LogP contribution in [-0.4, -0.2) is 50.1 Å². The van der Waals surface area contributed by atoms with Gasteiger partial charge < -0.3 is 25.0 Å². The molecule has 0 radical (unpaired) electrons. The van der Waals surface area contributed by atoms with Crippen molar-refractivity contribution in [3.8, 4) is 11.5 Å². The Morgan fingerprint density at radius 3 is 2.53 bits per heavy atom. The van der Waals surface area contributed by atoms with E-state index in [1.54, 1.807) is 14.2 Å². The highest BCUT2D eigenvalue weighted by atomic mass is 16.5. The fourth-order valence-corrected chi connectivity index (χ4v) is 3.54. The molecular weight excluding hydrogens is 380 g/mol. The van der Waals surface area contributed by atoms with Gasteiger partial charge in [-0.25, -0.2) is 0 Å². The van der Waals surface area contributed by atoms with Gasteiger partial charge in [0.2, 0.25) is 5.91 Å². The Morgan fingerprint density at radius 1 is 1.17 bits per heavy atom. The molecule has 1 aliphatic rings. The van der Waals surface area contributed by atoms with Crippen molar-refractivity contribution in [1.29, 1.82) is 0 Å². The van der Waals surface area contributed by atoms with Crippen LogP contribution in [0.15, 0.2) is 53.5 Å². The molecule has 2 N–H and O–H groups in total. The molecule has 3 rings (SSSR count). The van der Waals surface area contributed by atoms with Crippen molar-refractivity contribution in [2.45, 2.75) is 32.4 Å². The summed E-state index contributed by atoms with van der Waals surface area (Å²) in [6.07, 6.45) is 2.12. The number of likely N-dealkylation sites (tertiary alicyclic amines) is 1. The highest BCUT2D eigenvalue weighted by molar-refractivity contribution is 5.90. The molecule has 1 heterocycles. The average molecular weight is 411 g/mol. The second-order valence-electron chi connectivity index (χ2n) is 7.23. The molecule has 1 fully saturated rings. The van der Waals surface area contributed by atoms with Crippen molar-refractivity contribution in [3.05, 3.63) is 54.1 Å². The van der Waals surface area contributed by atoms with Crippen LogP contribution in [0.2, 0.25) is 0 Å². The number of para-hydroxylation sites is 1. The summed E-state index contributed by atoms with van der Waals surface area (Å²) in [5.41, 5.74) is 1.70. The molecular formula is C23H30N4O3. The number of anilines is 1. The van der Waals surface area contributed by atoms with Crippen LogP contribution in [0.1, 0.15) is 25.3 Å². The fourth-order valence-electron chi connectivity index (χ4n) is 3.54. The normalized spacial score (nSPS) is 14.9. The predicted molar refractivity (Wildman–Crippen MR) is 119 cm³/mol. The lowest BCUT2D eigenvalue weighted by Crippen LogP contribution is -2.47. The summed E-state index contributed by atoms with van der Waals surface area (Å²) >= 11 is 0. The number of nitrogens with zero attached hydrogens (tertiary/aromatic N) is 2. The van der Waals surface area contributed by atoms with Gasteiger partial charge in [-0.1, -0.05) is 24.3 Å². The first kappa shape index (κ1) is 21.5. The van der Waals surface area contributed by atoms with Crippen LogP contribution in [0, 0.1) is 0 Å². The zero-order valence-electron chi connectivity index (χ0n) is 17.9. The largest absolute Gasteiger partial charge is 0.495 e. The highest BCUT2D eigenvalue weighted by Crippen LogP contribution is 2.25. The van der Waals surface area contributed by atoms with E-state index in [0.717, 1.165) is 43.2 Å². The third-order valence-corrected chi connectivity index (χ3v) is 5.02. The van der Waals surface area contributed by atoms with Crippen LogP contribution in [0.25, 0.3) is 0 Å². The maximum absolute atomic E-state index is 11.4. The van der Waals surface area contributed by atoms with Gasteiger partial charge >= 0.3 is 0 Å². The number of hydrogen-bond donors (Lipinski definition) is 2. The van der Waals surface area contributed by atoms with Crippen molar-refractivity contribution in [3.63, 3.8) is 0 Å². The van der Waals surface area contributed by atoms with Gasteiger partial charge in [-0.05, 0) is 29.8 Å². The molecule has 30 heavy (non-hydrogen) atoms. The van der Waals surface area contributed by atoms with E-state index in [1.165, 1.54) is 6.92 Å². The minimum absolute atomic E-state index is 0.130. The van der Waals surface area contributed by atoms with Crippen molar-refractivity contribution >= 4 is 17.6 Å². The highest BCUT2D eigenvalue weighted by Gasteiger charge is 2.22. The maximum atomic E-state index is 11.4. The Labute approximate surface area is 178 Å². The molecule has 1 saturated heterocycles. The summed E-state index contributed by atoms with van der Waals surface area (Å²) in [5, 5.41) is 6.23. The lowest BCUT2D eigenvalue weighted by atomic mass is 10.1. The number of rotatable bonds is 6. The van der Waals surface area contributed by atoms with E-state index in [0.29, 0.717) is 18.0 Å². The molecule has 0 spiro atoms. The molecule has 0 saturated carbocycles. The van der Waals surface area contributed by atoms with E-state index in [9.17, 15) is 4.79 Å². The molecule has 1 amide bonds. The Bertz CT molecular complexity index is 862. The van der Waals surface area contributed by atoms with Crippen LogP contribution < -0.4 is 20.1 Å². The van der Waals surface area contributed by atoms with Crippen molar-refractivity contribution in [1.82, 2.24) is 10.2 Å². The van der Waals surface area contributed by atoms with Gasteiger partial charge in [-0.3, -0.25) is 9.79 Å². The van der Waals surface area contributed by atoms with Crippen molar-refractivity contribution in [2.75, 3.05) is 32.6 Å². The van der Waals surface area contributed by atoms with Crippen LogP contribution in [-0.2, 0) is 11.3 Å². The van der Waals surface area contributed by atoms with E-state index in [-0.39, 0.29) is 12.0 Å². The van der Waals surface area contributed by atoms with Crippen LogP contribution in [0.5, 0.6) is 11.5 Å². The van der Waals surface area contributed by atoms with Gasteiger partial charge in [0.15, 0.2) is 5.96 Å². The standard InChI is InChI=1S/C23H30N4O3/c1-17(28)26-21-15-18(9-10-22(21)29-3)16-25-23(24-2)27-13-11-20(12-14-27)30-19-7-5-4-6-8-19/h4-10,15,20H,11-14,16H2,1-3H3,(H,24,25)(H,26,28). The zero-order chi connectivity index (χ0) is 21.3. The third-order valence-electron chi connectivity index (χ3n) is 5.02. The number of aliphatic imine (C=N–C) groups is 1. The Kier molecular flexibility index (Phi) is 7.54. The minimum atomic E-state index is -0.130. The van der Waals surface area contributed by atoms with Crippen LogP contribution in [0.3, 0.4) is 0 Å². The lowest BCUT2D eigenvalue weighted by Gasteiger charge is -2.34. The monoisotopic (exact) mass is 410 g/mol. The lowest BCUT2D eigenvalue weighted by molar-refractivity contribution is -0.114. The number of carbonyl (C=O) groups is 1. The molecule has 7 heteroatoms. The number of guanidine groups is 1. The summed E-state index contributed by atoms with van der Waals surface area (Å²) < 4.78 is 11.4. The second-order valence-corrected chi connectivity index (χ2v) is 7.23. The van der Waals surface area contributed by atoms with Crippen LogP contribution >= 0.6 is 0 Å². The summed E-state index contributed by atoms with van der Waals surface area (Å²) in [6.45, 7) is 3.86. The number of ether oxygens (including phenoxy) is 2. The number of hydrogen-bond acceptors (Lipinski definition) is 4. The number of benzene rings is 2. The second kappa shape index (κ2) is 10.5. The van der Waals surface area contributed by atoms with Gasteiger partial charge in [0.05, 0.1) is 12.8 Å². The van der Waals surface area contributed by atoms with Gasteiger partial charge in [0.25, 0.3) is 0 Å². The number of piperidine rings is 1. The molecule has 1 aliphatic heterocycles. The van der Waals surface area contributed by atoms with Gasteiger partial charge in [-0.2, -0.15) is 0 Å². The first-order valence-electron chi connectivity index (χ1n) is 10.2. The van der Waals surface area contributed by atoms with Crippen LogP contribution in [0.4, 0.5) is 5.69 Å². The summed E-state index contributed by atoms with van der Waals surface area (Å²) in [6, 6.07) is 15.7. The first-order chi connectivity index (χ1) is 14.6. The van der Waals surface area contributed by atoms with E-state index in [1.807, 2.05) is 48.5 Å². The topological polar surface area (TPSA) is 75.2 Å². The van der Waals surface area contributed by atoms with E-state index in [2.05, 4.69) is 20.5 Å². The maximum Gasteiger partial charge on any atom is 0.221 e. The molecule has 0 aliphatic carbocycles. The SMILES string of the molecule is CN=C(NCc1ccc(OC)c(NC(C)=O)c1)N1CCC(Oc2ccccc2)CC1. The molecule has 2 aromatic rings. The number of methoxy groups -OCH3 is 1. The smallest absolute Gasteiger partial charge is 0.221 e. The molecule has 7 nitrogen and oxygen atoms in total. The summed E-state index contributed by atoms with van der Waals surface area (Å²) in [4.78, 5) is 18.1. The Balaban J connectivity index is 1.53. The Hall–Kier alpha value is -3.22. The number of amides is 1. The molecule has 0 atom stereocenters. The fraction of sp³-hybridized carbons (Fsp3) is 0.391. The van der Waals surface area contributed by atoms with Gasteiger partial charge in [0.1, 0.15) is 17.6 Å². The molecule has 0 aromatic heterocycles. The van der Waals surface area contributed by atoms with Crippen molar-refractivity contribution < 1.29 is 14.3 Å². The quantitative estimate of drug-likeness (QED) is 0.565. The average Bonchev–Trinajstić information content (AvgIpc) is 2.76. The third kappa shape index (κ3) is 5.89. The zero-order valence-corrected chi connectivity index (χ0v) is 17.9. The van der Waals surface area contributed by atoms with Gasteiger partial charge in [0, 0.05) is 46.4 Å². The van der Waals surface area contributed by atoms with Crippen molar-refractivity contribution in [2.24, 2.45) is 4.99 Å². The van der Waals surface area contributed by atoms with Gasteiger partial charge in [-0.15, -0.1) is 0 Å². The first-order valence-corrected chi connectivity index (χ1v) is 10.2. The van der Waals surface area contributed by atoms with E-state index in [4.69, 9.17) is 9.47 Å². The van der Waals surface area contributed by atoms with E-state index >= 15 is 0 Å². The predicted octanol–water partition coefficient (Wildman–Crippen LogP) is 3.27. The van der Waals surface area contributed by atoms with E-state index < -0.39 is 0 Å². The number of carbonyl (C=O) groups excluding carboxylic acids is 1. The molecule has 2 aromatic carbocycles. The summed E-state index contributed by atoms with van der Waals surface area (Å²) in [7, 11) is 3.39. The molecule has 0 bridgehead atoms. The Morgan fingerprint density at radius 2 is 1.90 bits per heavy atom. The molecule has 0 unspecified atom stereocenters.